The van der Waals surface area contributed by atoms with Crippen LogP contribution < -0.4 is 15.4 Å². The van der Waals surface area contributed by atoms with Crippen molar-refractivity contribution in [2.24, 2.45) is 11.1 Å². The maximum atomic E-state index is 13.6. The van der Waals surface area contributed by atoms with Crippen molar-refractivity contribution in [2.45, 2.75) is 43.9 Å². The number of allylic oxidation sites excluding steroid dienone is 3. The third-order valence-corrected chi connectivity index (χ3v) is 7.56. The Hall–Kier alpha value is -2.83. The number of nitrogens with two attached hydrogens (primary N) is 1. The van der Waals surface area contributed by atoms with Gasteiger partial charge in [0, 0.05) is 23.3 Å². The molecule has 1 aliphatic heterocycles. The largest absolute Gasteiger partial charge is 0.494 e. The summed E-state index contributed by atoms with van der Waals surface area (Å²) in [5.41, 5.74) is 8.89. The molecule has 0 spiro atoms. The number of carbonyl (C=O) groups excluding carboxylic acids is 1. The molecular formula is C23H25N5O2S2. The fraction of sp³-hybridized carbons (Fsp3) is 0.391. The first kappa shape index (κ1) is 22.4. The van der Waals surface area contributed by atoms with Crippen LogP contribution in [0.3, 0.4) is 0 Å². The van der Waals surface area contributed by atoms with Gasteiger partial charge in [-0.2, -0.15) is 5.26 Å². The van der Waals surface area contributed by atoms with E-state index in [4.69, 9.17) is 10.5 Å². The number of hydrogen-bond acceptors (Lipinski definition) is 9. The molecule has 0 bridgehead atoms. The number of nitrogens with zero attached hydrogens (tertiary/aromatic N) is 4. The van der Waals surface area contributed by atoms with Crippen LogP contribution in [0.25, 0.3) is 0 Å². The van der Waals surface area contributed by atoms with Crippen molar-refractivity contribution in [3.63, 3.8) is 0 Å². The molecule has 2 aromatic rings. The fourth-order valence-corrected chi connectivity index (χ4v) is 5.72. The lowest BCUT2D eigenvalue weighted by molar-refractivity contribution is -0.118. The molecule has 1 aliphatic carbocycles. The summed E-state index contributed by atoms with van der Waals surface area (Å²) in [5, 5.41) is 19.3. The third kappa shape index (κ3) is 3.78. The number of ether oxygens (including phenoxy) is 1. The van der Waals surface area contributed by atoms with Crippen LogP contribution in [0.5, 0.6) is 5.75 Å². The Labute approximate surface area is 196 Å². The van der Waals surface area contributed by atoms with Crippen LogP contribution >= 0.6 is 23.1 Å². The van der Waals surface area contributed by atoms with Gasteiger partial charge in [0.15, 0.2) is 10.1 Å². The Balaban J connectivity index is 1.99. The lowest BCUT2D eigenvalue weighted by Crippen LogP contribution is -2.42. The van der Waals surface area contributed by atoms with Crippen molar-refractivity contribution < 1.29 is 9.53 Å². The summed E-state index contributed by atoms with van der Waals surface area (Å²) < 4.78 is 6.65. The highest BCUT2D eigenvalue weighted by molar-refractivity contribution is 8.00. The number of rotatable bonds is 5. The van der Waals surface area contributed by atoms with Gasteiger partial charge in [-0.15, -0.1) is 10.2 Å². The number of ketones is 1. The summed E-state index contributed by atoms with van der Waals surface area (Å²) in [4.78, 5) is 15.3. The van der Waals surface area contributed by atoms with Gasteiger partial charge in [0.05, 0.1) is 24.2 Å². The van der Waals surface area contributed by atoms with Gasteiger partial charge in [-0.3, -0.25) is 9.69 Å². The van der Waals surface area contributed by atoms with Crippen LogP contribution in [0, 0.1) is 16.7 Å². The molecule has 1 aromatic carbocycles. The predicted molar refractivity (Wildman–Crippen MR) is 126 cm³/mol. The van der Waals surface area contributed by atoms with Crippen molar-refractivity contribution in [1.82, 2.24) is 10.2 Å². The standard InChI is InChI=1S/C23H25N5O2S2/c1-5-30-17-9-7-6-8-13(17)18-14(12-24)20(25)28(21-26-27-22(31-4)32-21)15-10-23(2,3)11-16(29)19(15)18/h6-9,18H,5,10-11,25H2,1-4H3. The molecule has 166 valence electrons. The topological polar surface area (TPSA) is 105 Å². The van der Waals surface area contributed by atoms with Crippen molar-refractivity contribution in [3.05, 3.63) is 52.5 Å². The summed E-state index contributed by atoms with van der Waals surface area (Å²) >= 11 is 2.89. The lowest BCUT2D eigenvalue weighted by Gasteiger charge is -2.42. The second kappa shape index (κ2) is 8.60. The van der Waals surface area contributed by atoms with E-state index in [1.807, 2.05) is 37.4 Å². The number of para-hydroxylation sites is 1. The number of Topliss-reactive ketones (excluding diaryl/α,β-unsaturated/α-hetero) is 1. The molecule has 1 unspecified atom stereocenters. The minimum absolute atomic E-state index is 0.0207. The first-order valence-corrected chi connectivity index (χ1v) is 12.4. The second-order valence-corrected chi connectivity index (χ2v) is 10.5. The number of hydrogen-bond donors (Lipinski definition) is 1. The van der Waals surface area contributed by atoms with E-state index in [9.17, 15) is 10.1 Å². The number of benzene rings is 1. The molecular weight excluding hydrogens is 442 g/mol. The van der Waals surface area contributed by atoms with Gasteiger partial charge >= 0.3 is 0 Å². The maximum absolute atomic E-state index is 13.6. The van der Waals surface area contributed by atoms with Crippen LogP contribution in [0.15, 0.2) is 51.3 Å². The number of aromatic nitrogens is 2. The zero-order chi connectivity index (χ0) is 23.0. The van der Waals surface area contributed by atoms with Gasteiger partial charge in [-0.05, 0) is 31.1 Å². The summed E-state index contributed by atoms with van der Waals surface area (Å²) in [5.74, 6) is 0.383. The fourth-order valence-electron chi connectivity index (χ4n) is 4.42. The third-order valence-electron chi connectivity index (χ3n) is 5.67. The smallest absolute Gasteiger partial charge is 0.219 e. The first-order valence-electron chi connectivity index (χ1n) is 10.4. The van der Waals surface area contributed by atoms with E-state index in [1.54, 1.807) is 4.90 Å². The van der Waals surface area contributed by atoms with Gasteiger partial charge in [0.2, 0.25) is 5.13 Å². The lowest BCUT2D eigenvalue weighted by atomic mass is 9.68. The highest BCUT2D eigenvalue weighted by Gasteiger charge is 2.46. The van der Waals surface area contributed by atoms with Crippen molar-refractivity contribution in [1.29, 1.82) is 5.26 Å². The Kier molecular flexibility index (Phi) is 6.01. The zero-order valence-corrected chi connectivity index (χ0v) is 20.1. The molecule has 0 fully saturated rings. The van der Waals surface area contributed by atoms with Crippen LogP contribution in [0.2, 0.25) is 0 Å². The van der Waals surface area contributed by atoms with Crippen LogP contribution in [0.4, 0.5) is 5.13 Å². The number of anilines is 1. The van der Waals surface area contributed by atoms with Crippen molar-refractivity contribution in [2.75, 3.05) is 17.8 Å². The molecule has 2 N–H and O–H groups in total. The van der Waals surface area contributed by atoms with Gasteiger partial charge in [0.25, 0.3) is 0 Å². The minimum Gasteiger partial charge on any atom is -0.494 e. The molecule has 2 aliphatic rings. The number of nitriles is 1. The molecule has 4 rings (SSSR count). The van der Waals surface area contributed by atoms with Crippen molar-refractivity contribution in [3.8, 4) is 11.8 Å². The van der Waals surface area contributed by atoms with Crippen LogP contribution in [-0.4, -0.2) is 28.8 Å². The Morgan fingerprint density at radius 3 is 2.75 bits per heavy atom. The van der Waals surface area contributed by atoms with E-state index in [1.165, 1.54) is 23.1 Å². The first-order chi connectivity index (χ1) is 15.3. The molecule has 0 radical (unpaired) electrons. The second-order valence-electron chi connectivity index (χ2n) is 8.51. The van der Waals surface area contributed by atoms with Crippen LogP contribution in [-0.2, 0) is 4.79 Å². The minimum atomic E-state index is -0.578. The highest BCUT2D eigenvalue weighted by atomic mass is 32.2. The Bertz CT molecular complexity index is 1180. The molecule has 1 aromatic heterocycles. The molecule has 7 nitrogen and oxygen atoms in total. The van der Waals surface area contributed by atoms with E-state index in [2.05, 4.69) is 30.1 Å². The SMILES string of the molecule is CCOc1ccccc1C1C(C#N)=C(N)N(c2nnc(SC)s2)C2=C1C(=O)CC(C)(C)C2. The predicted octanol–water partition coefficient (Wildman–Crippen LogP) is 4.60. The van der Waals surface area contributed by atoms with E-state index >= 15 is 0 Å². The number of carbonyl (C=O) groups is 1. The normalized spacial score (nSPS) is 20.3. The molecule has 0 saturated carbocycles. The zero-order valence-electron chi connectivity index (χ0n) is 18.5. The molecule has 1 atom stereocenters. The van der Waals surface area contributed by atoms with E-state index in [-0.39, 0.29) is 17.0 Å². The maximum Gasteiger partial charge on any atom is 0.219 e. The molecule has 9 heteroatoms. The summed E-state index contributed by atoms with van der Waals surface area (Å²) in [6.45, 7) is 6.53. The molecule has 0 amide bonds. The van der Waals surface area contributed by atoms with Crippen LogP contribution in [0.1, 0.15) is 45.1 Å². The van der Waals surface area contributed by atoms with E-state index in [0.717, 1.165) is 15.6 Å². The van der Waals surface area contributed by atoms with Gasteiger partial charge < -0.3 is 10.5 Å². The summed E-state index contributed by atoms with van der Waals surface area (Å²) in [6.07, 6.45) is 2.96. The number of thioether (sulfide) groups is 1. The Morgan fingerprint density at radius 2 is 2.09 bits per heavy atom. The Morgan fingerprint density at radius 1 is 1.34 bits per heavy atom. The molecule has 0 saturated heterocycles. The summed E-state index contributed by atoms with van der Waals surface area (Å²) in [7, 11) is 0. The van der Waals surface area contributed by atoms with Gasteiger partial charge in [0.1, 0.15) is 11.6 Å². The average molecular weight is 468 g/mol. The monoisotopic (exact) mass is 467 g/mol. The summed E-state index contributed by atoms with van der Waals surface area (Å²) in [6, 6.07) is 9.84. The molecule has 32 heavy (non-hydrogen) atoms. The highest BCUT2D eigenvalue weighted by Crippen LogP contribution is 2.51. The van der Waals surface area contributed by atoms with E-state index < -0.39 is 5.92 Å². The molecule has 2 heterocycles. The van der Waals surface area contributed by atoms with Gasteiger partial charge in [-0.25, -0.2) is 0 Å². The quantitative estimate of drug-likeness (QED) is 0.636. The van der Waals surface area contributed by atoms with Gasteiger partial charge in [-0.1, -0.05) is 55.1 Å². The van der Waals surface area contributed by atoms with Crippen molar-refractivity contribution >= 4 is 34.0 Å². The average Bonchev–Trinajstić information content (AvgIpc) is 3.21. The van der Waals surface area contributed by atoms with E-state index in [0.29, 0.717) is 41.5 Å².